The van der Waals surface area contributed by atoms with Gasteiger partial charge in [-0.3, -0.25) is 9.69 Å². The van der Waals surface area contributed by atoms with Crippen LogP contribution >= 0.6 is 0 Å². The Morgan fingerprint density at radius 1 is 1.22 bits per heavy atom. The Hall–Kier alpha value is -1.64. The summed E-state index contributed by atoms with van der Waals surface area (Å²) in [5.74, 6) is -0.171. The first-order chi connectivity index (χ1) is 12.8. The second kappa shape index (κ2) is 9.52. The van der Waals surface area contributed by atoms with Gasteiger partial charge < -0.3 is 15.8 Å². The molecule has 1 saturated heterocycles. The lowest BCUT2D eigenvalue weighted by molar-refractivity contribution is -0.137. The van der Waals surface area contributed by atoms with Crippen LogP contribution in [0.5, 0.6) is 0 Å². The topological polar surface area (TPSA) is 67.6 Å². The first-order valence-electron chi connectivity index (χ1n) is 9.34. The Balaban J connectivity index is 2.28. The minimum atomic E-state index is -4.50. The van der Waals surface area contributed by atoms with E-state index >= 15 is 0 Å². The highest BCUT2D eigenvalue weighted by Crippen LogP contribution is 2.32. The average molecular weight is 387 g/mol. The average Bonchev–Trinajstić information content (AvgIpc) is 2.65. The zero-order valence-electron chi connectivity index (χ0n) is 15.8. The molecule has 0 aromatic heterocycles. The molecule has 1 atom stereocenters. The highest BCUT2D eigenvalue weighted by Gasteiger charge is 2.34. The number of alkyl halides is 3. The Labute approximate surface area is 158 Å². The van der Waals surface area contributed by atoms with Crippen LogP contribution in [-0.4, -0.2) is 43.2 Å². The van der Waals surface area contributed by atoms with Gasteiger partial charge in [-0.1, -0.05) is 26.7 Å². The smallest absolute Gasteiger partial charge is 0.379 e. The van der Waals surface area contributed by atoms with Crippen LogP contribution in [0.25, 0.3) is 0 Å². The fraction of sp³-hybridized carbons (Fsp3) is 0.632. The van der Waals surface area contributed by atoms with E-state index in [-0.39, 0.29) is 24.1 Å². The summed E-state index contributed by atoms with van der Waals surface area (Å²) in [6.45, 7) is 6.36. The van der Waals surface area contributed by atoms with E-state index in [1.165, 1.54) is 6.07 Å². The van der Waals surface area contributed by atoms with Crippen LogP contribution in [0, 0.1) is 5.92 Å². The van der Waals surface area contributed by atoms with Crippen LogP contribution < -0.4 is 11.1 Å². The van der Waals surface area contributed by atoms with Crippen molar-refractivity contribution in [3.8, 4) is 0 Å². The van der Waals surface area contributed by atoms with E-state index in [1.807, 2.05) is 13.8 Å². The predicted octanol–water partition coefficient (Wildman–Crippen LogP) is 3.24. The van der Waals surface area contributed by atoms with Gasteiger partial charge in [-0.2, -0.15) is 13.2 Å². The quantitative estimate of drug-likeness (QED) is 0.754. The van der Waals surface area contributed by atoms with Crippen LogP contribution in [0.15, 0.2) is 18.2 Å². The first kappa shape index (κ1) is 21.7. The van der Waals surface area contributed by atoms with Gasteiger partial charge in [-0.15, -0.1) is 0 Å². The molecule has 152 valence electrons. The number of benzene rings is 1. The van der Waals surface area contributed by atoms with E-state index in [0.29, 0.717) is 31.9 Å². The Morgan fingerprint density at radius 2 is 1.85 bits per heavy atom. The Morgan fingerprint density at radius 3 is 2.37 bits per heavy atom. The van der Waals surface area contributed by atoms with Crippen LogP contribution in [0.4, 0.5) is 18.9 Å². The SMILES string of the molecule is CCC(CC)C(C(=O)Nc1cc(CN)cc(C(F)(F)F)c1)N1CCOCC1. The van der Waals surface area contributed by atoms with Gasteiger partial charge in [0.05, 0.1) is 24.8 Å². The van der Waals surface area contributed by atoms with Crippen LogP contribution in [0.3, 0.4) is 0 Å². The molecule has 1 aromatic rings. The highest BCUT2D eigenvalue weighted by atomic mass is 19.4. The van der Waals surface area contributed by atoms with E-state index in [2.05, 4.69) is 10.2 Å². The van der Waals surface area contributed by atoms with Crippen molar-refractivity contribution < 1.29 is 22.7 Å². The van der Waals surface area contributed by atoms with Crippen molar-refractivity contribution in [3.63, 3.8) is 0 Å². The molecular weight excluding hydrogens is 359 g/mol. The summed E-state index contributed by atoms with van der Waals surface area (Å²) in [4.78, 5) is 15.1. The molecule has 0 spiro atoms. The second-order valence-corrected chi connectivity index (χ2v) is 6.78. The van der Waals surface area contributed by atoms with Gasteiger partial charge in [0.1, 0.15) is 0 Å². The molecule has 1 heterocycles. The van der Waals surface area contributed by atoms with Crippen molar-refractivity contribution in [1.29, 1.82) is 0 Å². The number of nitrogens with one attached hydrogen (secondary N) is 1. The number of morpholine rings is 1. The maximum Gasteiger partial charge on any atom is 0.416 e. The molecule has 27 heavy (non-hydrogen) atoms. The number of hydrogen-bond donors (Lipinski definition) is 2. The third-order valence-corrected chi connectivity index (χ3v) is 5.03. The first-order valence-corrected chi connectivity index (χ1v) is 9.34. The molecule has 8 heteroatoms. The van der Waals surface area contributed by atoms with Gasteiger partial charge in [0.25, 0.3) is 0 Å². The normalized spacial score (nSPS) is 17.1. The molecule has 0 aliphatic carbocycles. The number of nitrogens with two attached hydrogens (primary N) is 1. The third-order valence-electron chi connectivity index (χ3n) is 5.03. The van der Waals surface area contributed by atoms with Crippen molar-refractivity contribution in [2.45, 2.75) is 45.5 Å². The number of carbonyl (C=O) groups excluding carboxylic acids is 1. The van der Waals surface area contributed by atoms with Crippen LogP contribution in [0.2, 0.25) is 0 Å². The Kier molecular flexibility index (Phi) is 7.64. The predicted molar refractivity (Wildman–Crippen MR) is 98.2 cm³/mol. The van der Waals surface area contributed by atoms with Gasteiger partial charge in [0, 0.05) is 25.3 Å². The number of ether oxygens (including phenoxy) is 1. The fourth-order valence-corrected chi connectivity index (χ4v) is 3.53. The second-order valence-electron chi connectivity index (χ2n) is 6.78. The summed E-state index contributed by atoms with van der Waals surface area (Å²) in [5.41, 5.74) is 5.16. The summed E-state index contributed by atoms with van der Waals surface area (Å²) >= 11 is 0. The molecule has 1 unspecified atom stereocenters. The molecule has 1 aromatic carbocycles. The van der Waals surface area contributed by atoms with Crippen LogP contribution in [-0.2, 0) is 22.3 Å². The minimum absolute atomic E-state index is 0.0355. The van der Waals surface area contributed by atoms with Crippen molar-refractivity contribution >= 4 is 11.6 Å². The van der Waals surface area contributed by atoms with Gasteiger partial charge >= 0.3 is 6.18 Å². The Bertz CT molecular complexity index is 627. The molecule has 3 N–H and O–H groups in total. The number of rotatable bonds is 7. The zero-order valence-corrected chi connectivity index (χ0v) is 15.8. The van der Waals surface area contributed by atoms with Gasteiger partial charge in [0.15, 0.2) is 0 Å². The minimum Gasteiger partial charge on any atom is -0.379 e. The van der Waals surface area contributed by atoms with Crippen molar-refractivity contribution in [2.24, 2.45) is 11.7 Å². The summed E-state index contributed by atoms with van der Waals surface area (Å²) in [6.07, 6.45) is -2.88. The molecule has 0 saturated carbocycles. The van der Waals surface area contributed by atoms with E-state index in [1.54, 1.807) is 0 Å². The lowest BCUT2D eigenvalue weighted by atomic mass is 9.91. The van der Waals surface area contributed by atoms with E-state index in [0.717, 1.165) is 25.0 Å². The molecule has 1 aliphatic heterocycles. The molecule has 1 amide bonds. The van der Waals surface area contributed by atoms with E-state index in [4.69, 9.17) is 10.5 Å². The molecule has 1 aliphatic rings. The molecule has 2 rings (SSSR count). The number of nitrogens with zero attached hydrogens (tertiary/aromatic N) is 1. The maximum absolute atomic E-state index is 13.1. The lowest BCUT2D eigenvalue weighted by Gasteiger charge is -2.37. The standard InChI is InChI=1S/C19H28F3N3O2/c1-3-14(4-2)17(25-5-7-27-8-6-25)18(26)24-16-10-13(12-23)9-15(11-16)19(20,21)22/h9-11,14,17H,3-8,12,23H2,1-2H3,(H,24,26). The lowest BCUT2D eigenvalue weighted by Crippen LogP contribution is -2.52. The van der Waals surface area contributed by atoms with Gasteiger partial charge in [-0.25, -0.2) is 0 Å². The zero-order chi connectivity index (χ0) is 20.0. The number of anilines is 1. The third kappa shape index (κ3) is 5.67. The van der Waals surface area contributed by atoms with Crippen LogP contribution in [0.1, 0.15) is 37.8 Å². The summed E-state index contributed by atoms with van der Waals surface area (Å²) in [6, 6.07) is 3.06. The highest BCUT2D eigenvalue weighted by molar-refractivity contribution is 5.95. The summed E-state index contributed by atoms with van der Waals surface area (Å²) < 4.78 is 44.8. The largest absolute Gasteiger partial charge is 0.416 e. The van der Waals surface area contributed by atoms with Crippen molar-refractivity contribution in [3.05, 3.63) is 29.3 Å². The molecule has 0 bridgehead atoms. The molecule has 1 fully saturated rings. The summed E-state index contributed by atoms with van der Waals surface area (Å²) in [7, 11) is 0. The molecular formula is C19H28F3N3O2. The molecule has 0 radical (unpaired) electrons. The number of amides is 1. The number of hydrogen-bond acceptors (Lipinski definition) is 4. The van der Waals surface area contributed by atoms with E-state index in [9.17, 15) is 18.0 Å². The maximum atomic E-state index is 13.1. The van der Waals surface area contributed by atoms with E-state index < -0.39 is 17.8 Å². The molecule has 5 nitrogen and oxygen atoms in total. The van der Waals surface area contributed by atoms with Gasteiger partial charge in [-0.05, 0) is 29.7 Å². The number of halogens is 3. The fourth-order valence-electron chi connectivity index (χ4n) is 3.53. The van der Waals surface area contributed by atoms with Crippen molar-refractivity contribution in [2.75, 3.05) is 31.6 Å². The number of carbonyl (C=O) groups is 1. The van der Waals surface area contributed by atoms with Gasteiger partial charge in [0.2, 0.25) is 5.91 Å². The monoisotopic (exact) mass is 387 g/mol. The summed E-state index contributed by atoms with van der Waals surface area (Å²) in [5, 5.41) is 2.70. The van der Waals surface area contributed by atoms with Crippen molar-refractivity contribution in [1.82, 2.24) is 4.90 Å².